The van der Waals surface area contributed by atoms with Gasteiger partial charge in [0, 0.05) is 5.69 Å². The predicted octanol–water partition coefficient (Wildman–Crippen LogP) is 1.52. The summed E-state index contributed by atoms with van der Waals surface area (Å²) in [6, 6.07) is 4.18. The molecule has 0 radical (unpaired) electrons. The van der Waals surface area contributed by atoms with Crippen LogP contribution < -0.4 is 15.8 Å². The van der Waals surface area contributed by atoms with Crippen molar-refractivity contribution in [3.63, 3.8) is 0 Å². The maximum absolute atomic E-state index is 11.7. The zero-order valence-corrected chi connectivity index (χ0v) is 11.8. The molecule has 0 aliphatic rings. The van der Waals surface area contributed by atoms with Gasteiger partial charge in [-0.3, -0.25) is 9.59 Å². The lowest BCUT2D eigenvalue weighted by Gasteiger charge is -2.14. The predicted molar refractivity (Wildman–Crippen MR) is 75.8 cm³/mol. The maximum atomic E-state index is 11.7. The Morgan fingerprint density at radius 1 is 1.40 bits per heavy atom. The number of carbonyl (C=O) groups is 2. The highest BCUT2D eigenvalue weighted by atomic mass is 16.5. The number of rotatable bonds is 6. The highest BCUT2D eigenvalue weighted by Crippen LogP contribution is 2.22. The van der Waals surface area contributed by atoms with Crippen molar-refractivity contribution in [2.75, 3.05) is 5.32 Å². The number of nitrogens with one attached hydrogen (secondary N) is 1. The van der Waals surface area contributed by atoms with Gasteiger partial charge in [0.2, 0.25) is 5.91 Å². The summed E-state index contributed by atoms with van der Waals surface area (Å²) in [4.78, 5) is 22.2. The highest BCUT2D eigenvalue weighted by Gasteiger charge is 2.17. The van der Waals surface area contributed by atoms with Gasteiger partial charge in [-0.05, 0) is 44.5 Å². The lowest BCUT2D eigenvalue weighted by molar-refractivity contribution is -0.138. The quantitative estimate of drug-likeness (QED) is 0.733. The van der Waals surface area contributed by atoms with E-state index in [1.165, 1.54) is 0 Å². The van der Waals surface area contributed by atoms with E-state index in [0.29, 0.717) is 11.4 Å². The molecular weight excluding hydrogens is 260 g/mol. The second-order valence-electron chi connectivity index (χ2n) is 4.84. The number of anilines is 1. The summed E-state index contributed by atoms with van der Waals surface area (Å²) in [5.41, 5.74) is 6.90. The first-order valence-electron chi connectivity index (χ1n) is 6.35. The summed E-state index contributed by atoms with van der Waals surface area (Å²) in [6.07, 6.45) is -0.335. The first kappa shape index (κ1) is 16.0. The molecule has 20 heavy (non-hydrogen) atoms. The van der Waals surface area contributed by atoms with Gasteiger partial charge in [0.05, 0.1) is 18.6 Å². The van der Waals surface area contributed by atoms with Gasteiger partial charge in [-0.25, -0.2) is 0 Å². The molecule has 0 aliphatic carbocycles. The number of carbonyl (C=O) groups excluding carboxylic acids is 1. The molecular formula is C14H20N2O4. The van der Waals surface area contributed by atoms with Crippen LogP contribution in [0.15, 0.2) is 18.2 Å². The Morgan fingerprint density at radius 3 is 2.55 bits per heavy atom. The summed E-state index contributed by atoms with van der Waals surface area (Å²) in [7, 11) is 0. The van der Waals surface area contributed by atoms with E-state index in [1.807, 2.05) is 20.8 Å². The molecule has 4 N–H and O–H groups in total. The van der Waals surface area contributed by atoms with Gasteiger partial charge < -0.3 is 20.9 Å². The maximum Gasteiger partial charge on any atom is 0.305 e. The largest absolute Gasteiger partial charge is 0.491 e. The van der Waals surface area contributed by atoms with Crippen LogP contribution in [0, 0.1) is 6.92 Å². The molecule has 0 aromatic heterocycles. The molecule has 110 valence electrons. The fraction of sp³-hybridized carbons (Fsp3) is 0.429. The van der Waals surface area contributed by atoms with Gasteiger partial charge in [-0.15, -0.1) is 0 Å². The smallest absolute Gasteiger partial charge is 0.305 e. The second-order valence-corrected chi connectivity index (χ2v) is 4.84. The number of aliphatic carboxylic acids is 1. The normalized spacial score (nSPS) is 12.1. The number of hydrogen-bond donors (Lipinski definition) is 3. The molecule has 1 aromatic carbocycles. The number of ether oxygens (including phenoxy) is 1. The summed E-state index contributed by atoms with van der Waals surface area (Å²) in [5, 5.41) is 11.2. The molecule has 1 aromatic rings. The van der Waals surface area contributed by atoms with Crippen LogP contribution in [0.25, 0.3) is 0 Å². The molecule has 0 aliphatic heterocycles. The van der Waals surface area contributed by atoms with E-state index < -0.39 is 24.3 Å². The van der Waals surface area contributed by atoms with Crippen molar-refractivity contribution in [2.24, 2.45) is 5.73 Å². The van der Waals surface area contributed by atoms with E-state index in [-0.39, 0.29) is 6.10 Å². The first-order chi connectivity index (χ1) is 9.29. The van der Waals surface area contributed by atoms with Crippen molar-refractivity contribution in [3.8, 4) is 5.75 Å². The lowest BCUT2D eigenvalue weighted by Crippen LogP contribution is -2.37. The van der Waals surface area contributed by atoms with Gasteiger partial charge in [0.15, 0.2) is 0 Å². The summed E-state index contributed by atoms with van der Waals surface area (Å²) in [5.74, 6) is -0.914. The summed E-state index contributed by atoms with van der Waals surface area (Å²) < 4.78 is 5.54. The molecule has 1 rings (SSSR count). The second kappa shape index (κ2) is 6.91. The van der Waals surface area contributed by atoms with E-state index in [0.717, 1.165) is 5.56 Å². The molecule has 0 spiro atoms. The van der Waals surface area contributed by atoms with Crippen LogP contribution in [0.5, 0.6) is 5.75 Å². The van der Waals surface area contributed by atoms with E-state index in [1.54, 1.807) is 18.2 Å². The molecule has 0 heterocycles. The zero-order chi connectivity index (χ0) is 15.3. The zero-order valence-electron chi connectivity index (χ0n) is 11.8. The van der Waals surface area contributed by atoms with Crippen LogP contribution in [0.4, 0.5) is 5.69 Å². The summed E-state index contributed by atoms with van der Waals surface area (Å²) in [6.45, 7) is 5.68. The van der Waals surface area contributed by atoms with Gasteiger partial charge in [0.1, 0.15) is 5.75 Å². The van der Waals surface area contributed by atoms with Crippen molar-refractivity contribution in [1.29, 1.82) is 0 Å². The van der Waals surface area contributed by atoms with Crippen LogP contribution in [0.2, 0.25) is 0 Å². The monoisotopic (exact) mass is 280 g/mol. The van der Waals surface area contributed by atoms with Crippen molar-refractivity contribution in [3.05, 3.63) is 23.8 Å². The minimum atomic E-state index is -1.11. The SMILES string of the molecule is Cc1cc(OC(C)C)ccc1NC(=O)C(N)CC(=O)O. The number of carboxylic acid groups (broad SMARTS) is 1. The number of nitrogens with two attached hydrogens (primary N) is 1. The van der Waals surface area contributed by atoms with E-state index in [9.17, 15) is 9.59 Å². The van der Waals surface area contributed by atoms with Gasteiger partial charge in [-0.1, -0.05) is 0 Å². The number of aryl methyl sites for hydroxylation is 1. The molecule has 0 saturated carbocycles. The molecule has 1 unspecified atom stereocenters. The third kappa shape index (κ3) is 4.89. The van der Waals surface area contributed by atoms with Crippen molar-refractivity contribution in [1.82, 2.24) is 0 Å². The number of benzene rings is 1. The Morgan fingerprint density at radius 2 is 2.05 bits per heavy atom. The van der Waals surface area contributed by atoms with E-state index in [4.69, 9.17) is 15.6 Å². The van der Waals surface area contributed by atoms with E-state index in [2.05, 4.69) is 5.32 Å². The van der Waals surface area contributed by atoms with Crippen LogP contribution in [-0.4, -0.2) is 29.1 Å². The van der Waals surface area contributed by atoms with Crippen molar-refractivity contribution in [2.45, 2.75) is 39.3 Å². The average Bonchev–Trinajstić information content (AvgIpc) is 2.30. The molecule has 0 fully saturated rings. The third-order valence-corrected chi connectivity index (χ3v) is 2.56. The van der Waals surface area contributed by atoms with Gasteiger partial charge >= 0.3 is 5.97 Å². The standard InChI is InChI=1S/C14H20N2O4/c1-8(2)20-10-4-5-12(9(3)6-10)16-14(19)11(15)7-13(17)18/h4-6,8,11H,7,15H2,1-3H3,(H,16,19)(H,17,18). The Balaban J connectivity index is 2.73. The molecule has 0 saturated heterocycles. The Bertz CT molecular complexity index is 500. The van der Waals surface area contributed by atoms with Crippen LogP contribution >= 0.6 is 0 Å². The fourth-order valence-electron chi connectivity index (χ4n) is 1.63. The fourth-order valence-corrected chi connectivity index (χ4v) is 1.63. The topological polar surface area (TPSA) is 102 Å². The molecule has 6 heteroatoms. The molecule has 1 amide bonds. The minimum Gasteiger partial charge on any atom is -0.491 e. The highest BCUT2D eigenvalue weighted by molar-refractivity contribution is 5.97. The minimum absolute atomic E-state index is 0.0684. The third-order valence-electron chi connectivity index (χ3n) is 2.56. The average molecular weight is 280 g/mol. The van der Waals surface area contributed by atoms with Gasteiger partial charge in [-0.2, -0.15) is 0 Å². The van der Waals surface area contributed by atoms with Gasteiger partial charge in [0.25, 0.3) is 0 Å². The van der Waals surface area contributed by atoms with E-state index >= 15 is 0 Å². The van der Waals surface area contributed by atoms with Crippen LogP contribution in [0.3, 0.4) is 0 Å². The first-order valence-corrected chi connectivity index (χ1v) is 6.35. The van der Waals surface area contributed by atoms with Crippen molar-refractivity contribution >= 4 is 17.6 Å². The number of amides is 1. The Labute approximate surface area is 117 Å². The molecule has 0 bridgehead atoms. The number of carboxylic acids is 1. The van der Waals surface area contributed by atoms with Crippen LogP contribution in [0.1, 0.15) is 25.8 Å². The van der Waals surface area contributed by atoms with Crippen molar-refractivity contribution < 1.29 is 19.4 Å². The molecule has 1 atom stereocenters. The summed E-state index contributed by atoms with van der Waals surface area (Å²) >= 11 is 0. The lowest BCUT2D eigenvalue weighted by atomic mass is 10.1. The Hall–Kier alpha value is -2.08. The Kier molecular flexibility index (Phi) is 5.52. The number of hydrogen-bond acceptors (Lipinski definition) is 4. The van der Waals surface area contributed by atoms with Crippen LogP contribution in [-0.2, 0) is 9.59 Å². The molecule has 6 nitrogen and oxygen atoms in total.